The molecule has 2 heterocycles. The predicted molar refractivity (Wildman–Crippen MR) is 154 cm³/mol. The first kappa shape index (κ1) is 27.6. The highest BCUT2D eigenvalue weighted by Crippen LogP contribution is 2.35. The van der Waals surface area contributed by atoms with Crippen molar-refractivity contribution >= 4 is 11.6 Å². The van der Waals surface area contributed by atoms with Gasteiger partial charge in [-0.2, -0.15) is 0 Å². The standard InChI is InChI=1S/C30H42N6O2/c1-8-36(24-11-9-23(10-12-24)35(6)7)27-15-22(28-31-16-20(4)33-28)14-25(21(27)5)29(37)32-17-26-18(2)13-19(3)34-30(26)38/h13-16,23-24H,8-12,17H2,1-7H3,(H,31,33)(H,32,37)(H,34,38). The molecule has 1 aliphatic rings. The molecule has 1 aromatic carbocycles. The van der Waals surface area contributed by atoms with Gasteiger partial charge in [0.2, 0.25) is 0 Å². The molecular formula is C30H42N6O2. The number of carbonyl (C=O) groups is 1. The lowest BCUT2D eigenvalue weighted by molar-refractivity contribution is 0.0950. The molecule has 2 aromatic heterocycles. The third kappa shape index (κ3) is 5.85. The number of rotatable bonds is 8. The van der Waals surface area contributed by atoms with Crippen LogP contribution in [0.1, 0.15) is 71.0 Å². The molecule has 3 N–H and O–H groups in total. The van der Waals surface area contributed by atoms with Crippen LogP contribution in [0.25, 0.3) is 11.4 Å². The highest BCUT2D eigenvalue weighted by Gasteiger charge is 2.28. The normalized spacial score (nSPS) is 17.6. The molecule has 0 unspecified atom stereocenters. The van der Waals surface area contributed by atoms with E-state index in [1.165, 1.54) is 12.8 Å². The van der Waals surface area contributed by atoms with Crippen molar-refractivity contribution in [1.82, 2.24) is 25.2 Å². The molecule has 38 heavy (non-hydrogen) atoms. The van der Waals surface area contributed by atoms with E-state index in [0.717, 1.165) is 59.0 Å². The lowest BCUT2D eigenvalue weighted by atomic mass is 9.88. The Morgan fingerprint density at radius 3 is 2.26 bits per heavy atom. The number of imidazole rings is 1. The van der Waals surface area contributed by atoms with E-state index in [1.54, 1.807) is 6.20 Å². The van der Waals surface area contributed by atoms with E-state index in [1.807, 2.05) is 39.8 Å². The largest absolute Gasteiger partial charge is 0.369 e. The third-order valence-corrected chi connectivity index (χ3v) is 8.01. The molecule has 3 aromatic rings. The van der Waals surface area contributed by atoms with E-state index < -0.39 is 0 Å². The van der Waals surface area contributed by atoms with Gasteiger partial charge < -0.3 is 25.1 Å². The molecule has 0 radical (unpaired) electrons. The van der Waals surface area contributed by atoms with Gasteiger partial charge >= 0.3 is 0 Å². The van der Waals surface area contributed by atoms with Crippen LogP contribution in [0, 0.1) is 27.7 Å². The second-order valence-corrected chi connectivity index (χ2v) is 10.9. The van der Waals surface area contributed by atoms with Crippen molar-refractivity contribution in [3.05, 3.63) is 68.4 Å². The molecule has 1 fully saturated rings. The van der Waals surface area contributed by atoms with Gasteiger partial charge in [0, 0.05) is 65.1 Å². The van der Waals surface area contributed by atoms with Crippen molar-refractivity contribution in [3.63, 3.8) is 0 Å². The average molecular weight is 519 g/mol. The van der Waals surface area contributed by atoms with Crippen LogP contribution in [-0.4, -0.2) is 58.5 Å². The Hall–Kier alpha value is -3.39. The van der Waals surface area contributed by atoms with Crippen LogP contribution in [0.4, 0.5) is 5.69 Å². The summed E-state index contributed by atoms with van der Waals surface area (Å²) in [5, 5.41) is 3.01. The maximum atomic E-state index is 13.6. The summed E-state index contributed by atoms with van der Waals surface area (Å²) in [6.45, 7) is 11.0. The summed E-state index contributed by atoms with van der Waals surface area (Å²) in [5.41, 5.74) is 6.57. The number of pyridine rings is 1. The minimum absolute atomic E-state index is 0.162. The van der Waals surface area contributed by atoms with Crippen LogP contribution in [-0.2, 0) is 6.54 Å². The maximum Gasteiger partial charge on any atom is 0.253 e. The van der Waals surface area contributed by atoms with Crippen LogP contribution in [0.5, 0.6) is 0 Å². The fourth-order valence-electron chi connectivity index (χ4n) is 5.81. The number of aromatic amines is 2. The zero-order chi connectivity index (χ0) is 27.6. The third-order valence-electron chi connectivity index (χ3n) is 8.01. The second kappa shape index (κ2) is 11.6. The summed E-state index contributed by atoms with van der Waals surface area (Å²) < 4.78 is 0. The minimum atomic E-state index is -0.194. The number of amides is 1. The van der Waals surface area contributed by atoms with Gasteiger partial charge in [-0.3, -0.25) is 9.59 Å². The van der Waals surface area contributed by atoms with E-state index >= 15 is 0 Å². The number of hydrogen-bond acceptors (Lipinski definition) is 5. The van der Waals surface area contributed by atoms with E-state index in [-0.39, 0.29) is 18.0 Å². The summed E-state index contributed by atoms with van der Waals surface area (Å²) in [5.74, 6) is 0.552. The van der Waals surface area contributed by atoms with Crippen molar-refractivity contribution in [1.29, 1.82) is 0 Å². The molecule has 8 nitrogen and oxygen atoms in total. The minimum Gasteiger partial charge on any atom is -0.369 e. The predicted octanol–water partition coefficient (Wildman–Crippen LogP) is 4.63. The molecule has 204 valence electrons. The van der Waals surface area contributed by atoms with Gasteiger partial charge in [0.25, 0.3) is 11.5 Å². The number of carbonyl (C=O) groups excluding carboxylic acids is 1. The summed E-state index contributed by atoms with van der Waals surface area (Å²) >= 11 is 0. The van der Waals surface area contributed by atoms with Gasteiger partial charge in [0.1, 0.15) is 5.82 Å². The summed E-state index contributed by atoms with van der Waals surface area (Å²) in [6, 6.07) is 7.05. The van der Waals surface area contributed by atoms with Crippen LogP contribution >= 0.6 is 0 Å². The zero-order valence-corrected chi connectivity index (χ0v) is 23.9. The topological polar surface area (TPSA) is 97.1 Å². The monoisotopic (exact) mass is 518 g/mol. The lowest BCUT2D eigenvalue weighted by Crippen LogP contribution is -2.42. The SMILES string of the molecule is CCN(c1cc(-c2ncc(C)[nH]2)cc(C(=O)NCc2c(C)cc(C)[nH]c2=O)c1C)C1CCC(N(C)C)CC1. The van der Waals surface area contributed by atoms with Gasteiger partial charge in [-0.15, -0.1) is 0 Å². The number of nitrogens with one attached hydrogen (secondary N) is 3. The lowest BCUT2D eigenvalue weighted by Gasteiger charge is -2.40. The number of aromatic nitrogens is 3. The Kier molecular flexibility index (Phi) is 8.41. The molecule has 0 aliphatic heterocycles. The molecule has 0 spiro atoms. The summed E-state index contributed by atoms with van der Waals surface area (Å²) in [4.78, 5) is 41.6. The van der Waals surface area contributed by atoms with Gasteiger partial charge in [-0.25, -0.2) is 4.98 Å². The number of aryl methyl sites for hydroxylation is 3. The van der Waals surface area contributed by atoms with E-state index in [4.69, 9.17) is 0 Å². The molecular weight excluding hydrogens is 476 g/mol. The van der Waals surface area contributed by atoms with Crippen molar-refractivity contribution in [2.75, 3.05) is 25.5 Å². The van der Waals surface area contributed by atoms with Gasteiger partial charge in [0.15, 0.2) is 0 Å². The number of anilines is 1. The first-order valence-corrected chi connectivity index (χ1v) is 13.7. The van der Waals surface area contributed by atoms with Crippen LogP contribution in [0.2, 0.25) is 0 Å². The fourth-order valence-corrected chi connectivity index (χ4v) is 5.81. The van der Waals surface area contributed by atoms with Crippen molar-refractivity contribution in [3.8, 4) is 11.4 Å². The van der Waals surface area contributed by atoms with Crippen LogP contribution in [0.15, 0.2) is 29.2 Å². The van der Waals surface area contributed by atoms with Crippen LogP contribution in [0.3, 0.4) is 0 Å². The zero-order valence-electron chi connectivity index (χ0n) is 23.9. The maximum absolute atomic E-state index is 13.6. The van der Waals surface area contributed by atoms with Crippen molar-refractivity contribution < 1.29 is 4.79 Å². The Labute approximate surface area is 225 Å². The number of H-pyrrole nitrogens is 2. The number of nitrogens with zero attached hydrogens (tertiary/aromatic N) is 3. The molecule has 1 amide bonds. The number of benzene rings is 1. The molecule has 1 aliphatic carbocycles. The second-order valence-electron chi connectivity index (χ2n) is 10.9. The Morgan fingerprint density at radius 2 is 1.68 bits per heavy atom. The van der Waals surface area contributed by atoms with Crippen molar-refractivity contribution in [2.45, 2.75) is 78.9 Å². The van der Waals surface area contributed by atoms with E-state index in [9.17, 15) is 9.59 Å². The summed E-state index contributed by atoms with van der Waals surface area (Å²) in [7, 11) is 4.33. The molecule has 4 rings (SSSR count). The average Bonchev–Trinajstić information content (AvgIpc) is 3.31. The quantitative estimate of drug-likeness (QED) is 0.404. The molecule has 0 atom stereocenters. The molecule has 0 saturated heterocycles. The molecule has 8 heteroatoms. The Balaban J connectivity index is 1.68. The Bertz CT molecular complexity index is 1350. The van der Waals surface area contributed by atoms with E-state index in [2.05, 4.69) is 57.2 Å². The van der Waals surface area contributed by atoms with Gasteiger partial charge in [-0.1, -0.05) is 0 Å². The van der Waals surface area contributed by atoms with Gasteiger partial charge in [0.05, 0.1) is 0 Å². The van der Waals surface area contributed by atoms with Crippen LogP contribution < -0.4 is 15.8 Å². The fraction of sp³-hybridized carbons (Fsp3) is 0.500. The van der Waals surface area contributed by atoms with E-state index in [0.29, 0.717) is 23.2 Å². The first-order valence-electron chi connectivity index (χ1n) is 13.7. The highest BCUT2D eigenvalue weighted by atomic mass is 16.1. The number of hydrogen-bond donors (Lipinski definition) is 3. The molecule has 0 bridgehead atoms. The molecule has 1 saturated carbocycles. The highest BCUT2D eigenvalue weighted by molar-refractivity contribution is 5.98. The summed E-state index contributed by atoms with van der Waals surface area (Å²) in [6.07, 6.45) is 6.39. The first-order chi connectivity index (χ1) is 18.1. The smallest absolute Gasteiger partial charge is 0.253 e. The Morgan fingerprint density at radius 1 is 1.00 bits per heavy atom. The van der Waals surface area contributed by atoms with Gasteiger partial charge in [-0.05, 0) is 104 Å². The van der Waals surface area contributed by atoms with Crippen molar-refractivity contribution in [2.24, 2.45) is 0 Å².